The number of hydrogen-bond acceptors (Lipinski definition) is 4. The third-order valence-electron chi connectivity index (χ3n) is 2.63. The standard InChI is InChI=1S/C10H10ClN5/c11-8-4-3-7(12)5-9(8)16-10(6-1-2-6)13-14-15-16/h3-6H,1-2,12H2. The molecule has 0 saturated heterocycles. The summed E-state index contributed by atoms with van der Waals surface area (Å²) in [5, 5.41) is 12.3. The Balaban J connectivity index is 2.13. The fraction of sp³-hybridized carbons (Fsp3) is 0.300. The molecule has 0 unspecified atom stereocenters. The molecule has 2 aromatic rings. The Morgan fingerprint density at radius 1 is 1.38 bits per heavy atom. The zero-order chi connectivity index (χ0) is 11.1. The highest BCUT2D eigenvalue weighted by Crippen LogP contribution is 2.39. The summed E-state index contributed by atoms with van der Waals surface area (Å²) < 4.78 is 1.68. The first-order valence-corrected chi connectivity index (χ1v) is 5.47. The molecular formula is C10H10ClN5. The largest absolute Gasteiger partial charge is 0.399 e. The van der Waals surface area contributed by atoms with Crippen LogP contribution in [0.1, 0.15) is 24.6 Å². The van der Waals surface area contributed by atoms with E-state index in [9.17, 15) is 0 Å². The SMILES string of the molecule is Nc1ccc(Cl)c(-n2nnnc2C2CC2)c1. The van der Waals surface area contributed by atoms with Crippen LogP contribution in [0.4, 0.5) is 5.69 Å². The van der Waals surface area contributed by atoms with Gasteiger partial charge in [0.05, 0.1) is 10.7 Å². The lowest BCUT2D eigenvalue weighted by Crippen LogP contribution is -2.03. The van der Waals surface area contributed by atoms with Crippen LogP contribution in [-0.4, -0.2) is 20.2 Å². The van der Waals surface area contributed by atoms with Crippen LogP contribution in [0, 0.1) is 0 Å². The van der Waals surface area contributed by atoms with E-state index in [1.807, 2.05) is 0 Å². The van der Waals surface area contributed by atoms with Crippen molar-refractivity contribution in [2.75, 3.05) is 5.73 Å². The highest BCUT2D eigenvalue weighted by Gasteiger charge is 2.30. The van der Waals surface area contributed by atoms with Gasteiger partial charge in [-0.15, -0.1) is 5.10 Å². The Morgan fingerprint density at radius 2 is 2.19 bits per heavy atom. The van der Waals surface area contributed by atoms with E-state index in [0.717, 1.165) is 24.4 Å². The zero-order valence-electron chi connectivity index (χ0n) is 8.47. The molecule has 16 heavy (non-hydrogen) atoms. The summed E-state index contributed by atoms with van der Waals surface area (Å²) in [5.74, 6) is 1.33. The van der Waals surface area contributed by atoms with Crippen LogP contribution in [0.3, 0.4) is 0 Å². The lowest BCUT2D eigenvalue weighted by Gasteiger charge is -2.06. The summed E-state index contributed by atoms with van der Waals surface area (Å²) in [7, 11) is 0. The van der Waals surface area contributed by atoms with Crippen LogP contribution < -0.4 is 5.73 Å². The van der Waals surface area contributed by atoms with Crippen molar-refractivity contribution >= 4 is 17.3 Å². The molecular weight excluding hydrogens is 226 g/mol. The molecule has 0 radical (unpaired) electrons. The molecule has 1 aliphatic carbocycles. The summed E-state index contributed by atoms with van der Waals surface area (Å²) in [6, 6.07) is 5.29. The second kappa shape index (κ2) is 3.45. The van der Waals surface area contributed by atoms with E-state index in [1.165, 1.54) is 0 Å². The number of nitrogens with zero attached hydrogens (tertiary/aromatic N) is 4. The van der Waals surface area contributed by atoms with Gasteiger partial charge >= 0.3 is 0 Å². The van der Waals surface area contributed by atoms with Gasteiger partial charge in [-0.1, -0.05) is 11.6 Å². The molecule has 1 aliphatic rings. The highest BCUT2D eigenvalue weighted by atomic mass is 35.5. The van der Waals surface area contributed by atoms with Crippen LogP contribution in [-0.2, 0) is 0 Å². The van der Waals surface area contributed by atoms with E-state index < -0.39 is 0 Å². The lowest BCUT2D eigenvalue weighted by molar-refractivity contribution is 0.764. The molecule has 0 atom stereocenters. The first-order chi connectivity index (χ1) is 7.75. The second-order valence-corrected chi connectivity index (χ2v) is 4.34. The topological polar surface area (TPSA) is 69.6 Å². The fourth-order valence-electron chi connectivity index (χ4n) is 1.65. The smallest absolute Gasteiger partial charge is 0.159 e. The van der Waals surface area contributed by atoms with Gasteiger partial charge in [-0.3, -0.25) is 0 Å². The number of rotatable bonds is 2. The van der Waals surface area contributed by atoms with E-state index in [2.05, 4.69) is 15.5 Å². The van der Waals surface area contributed by atoms with Gasteiger partial charge in [0.1, 0.15) is 0 Å². The summed E-state index contributed by atoms with van der Waals surface area (Å²) in [6.07, 6.45) is 2.28. The molecule has 0 spiro atoms. The monoisotopic (exact) mass is 235 g/mol. The predicted molar refractivity (Wildman–Crippen MR) is 60.6 cm³/mol. The molecule has 1 fully saturated rings. The van der Waals surface area contributed by atoms with Gasteiger partial charge in [0.2, 0.25) is 0 Å². The van der Waals surface area contributed by atoms with Crippen molar-refractivity contribution in [1.29, 1.82) is 0 Å². The first-order valence-electron chi connectivity index (χ1n) is 5.09. The molecule has 2 N–H and O–H groups in total. The predicted octanol–water partition coefficient (Wildman–Crippen LogP) is 1.78. The third kappa shape index (κ3) is 1.53. The van der Waals surface area contributed by atoms with Gasteiger partial charge in [-0.05, 0) is 41.5 Å². The van der Waals surface area contributed by atoms with Gasteiger partial charge in [0, 0.05) is 11.6 Å². The van der Waals surface area contributed by atoms with Gasteiger partial charge in [-0.2, -0.15) is 4.68 Å². The van der Waals surface area contributed by atoms with Crippen LogP contribution in [0.2, 0.25) is 5.02 Å². The Hall–Kier alpha value is -1.62. The molecule has 0 amide bonds. The fourth-order valence-corrected chi connectivity index (χ4v) is 1.85. The maximum Gasteiger partial charge on any atom is 0.159 e. The molecule has 1 saturated carbocycles. The van der Waals surface area contributed by atoms with E-state index in [1.54, 1.807) is 22.9 Å². The van der Waals surface area contributed by atoms with Crippen LogP contribution in [0.15, 0.2) is 18.2 Å². The van der Waals surface area contributed by atoms with Crippen molar-refractivity contribution < 1.29 is 0 Å². The Bertz CT molecular complexity index is 532. The minimum Gasteiger partial charge on any atom is -0.399 e. The van der Waals surface area contributed by atoms with Crippen molar-refractivity contribution in [3.63, 3.8) is 0 Å². The molecule has 0 aliphatic heterocycles. The number of halogens is 1. The molecule has 82 valence electrons. The molecule has 0 bridgehead atoms. The number of hydrogen-bond donors (Lipinski definition) is 1. The van der Waals surface area contributed by atoms with Crippen LogP contribution in [0.25, 0.3) is 5.69 Å². The third-order valence-corrected chi connectivity index (χ3v) is 2.95. The molecule has 6 heteroatoms. The average Bonchev–Trinajstić information content (AvgIpc) is 3.01. The maximum absolute atomic E-state index is 6.11. The Kier molecular flexibility index (Phi) is 2.07. The Morgan fingerprint density at radius 3 is 2.94 bits per heavy atom. The molecule has 3 rings (SSSR count). The molecule has 5 nitrogen and oxygen atoms in total. The van der Waals surface area contributed by atoms with Crippen molar-refractivity contribution in [3.05, 3.63) is 29.0 Å². The second-order valence-electron chi connectivity index (χ2n) is 3.93. The highest BCUT2D eigenvalue weighted by molar-refractivity contribution is 6.32. The minimum atomic E-state index is 0.465. The number of benzene rings is 1. The normalized spacial score (nSPS) is 15.3. The number of nitrogen functional groups attached to an aromatic ring is 1. The number of tetrazole rings is 1. The van der Waals surface area contributed by atoms with Crippen LogP contribution >= 0.6 is 11.6 Å². The summed E-state index contributed by atoms with van der Waals surface area (Å²) in [4.78, 5) is 0. The van der Waals surface area contributed by atoms with E-state index in [0.29, 0.717) is 16.6 Å². The number of aromatic nitrogens is 4. The van der Waals surface area contributed by atoms with Gasteiger partial charge in [0.25, 0.3) is 0 Å². The van der Waals surface area contributed by atoms with Crippen LogP contribution in [0.5, 0.6) is 0 Å². The molecule has 1 aromatic carbocycles. The van der Waals surface area contributed by atoms with Crippen molar-refractivity contribution in [3.8, 4) is 5.69 Å². The lowest BCUT2D eigenvalue weighted by atomic mass is 10.2. The van der Waals surface area contributed by atoms with E-state index in [-0.39, 0.29) is 0 Å². The Labute approximate surface area is 97.2 Å². The number of nitrogens with two attached hydrogens (primary N) is 1. The summed E-state index contributed by atoms with van der Waals surface area (Å²) >= 11 is 6.11. The minimum absolute atomic E-state index is 0.465. The summed E-state index contributed by atoms with van der Waals surface area (Å²) in [6.45, 7) is 0. The summed E-state index contributed by atoms with van der Waals surface area (Å²) in [5.41, 5.74) is 7.13. The quantitative estimate of drug-likeness (QED) is 0.806. The van der Waals surface area contributed by atoms with Gasteiger partial charge in [0.15, 0.2) is 5.82 Å². The maximum atomic E-state index is 6.11. The average molecular weight is 236 g/mol. The van der Waals surface area contributed by atoms with E-state index >= 15 is 0 Å². The van der Waals surface area contributed by atoms with Gasteiger partial charge in [-0.25, -0.2) is 0 Å². The molecule has 1 aromatic heterocycles. The van der Waals surface area contributed by atoms with Crippen molar-refractivity contribution in [2.45, 2.75) is 18.8 Å². The molecule has 1 heterocycles. The van der Waals surface area contributed by atoms with Crippen molar-refractivity contribution in [1.82, 2.24) is 20.2 Å². The zero-order valence-corrected chi connectivity index (χ0v) is 9.22. The van der Waals surface area contributed by atoms with Gasteiger partial charge < -0.3 is 5.73 Å². The number of anilines is 1. The van der Waals surface area contributed by atoms with Crippen molar-refractivity contribution in [2.24, 2.45) is 0 Å². The first kappa shape index (κ1) is 9.59. The van der Waals surface area contributed by atoms with E-state index in [4.69, 9.17) is 17.3 Å².